The largest absolute Gasteiger partial charge is 0.392 e. The van der Waals surface area contributed by atoms with Gasteiger partial charge in [-0.2, -0.15) is 0 Å². The lowest BCUT2D eigenvalue weighted by atomic mass is 9.85. The second-order valence-corrected chi connectivity index (χ2v) is 4.62. The van der Waals surface area contributed by atoms with E-state index < -0.39 is 0 Å². The smallest absolute Gasteiger partial charge is 0.0695 e. The fourth-order valence-electron chi connectivity index (χ4n) is 2.50. The predicted octanol–water partition coefficient (Wildman–Crippen LogP) is 1.63. The van der Waals surface area contributed by atoms with Crippen molar-refractivity contribution in [3.8, 4) is 0 Å². The maximum atomic E-state index is 9.97. The maximum absolute atomic E-state index is 9.97. The summed E-state index contributed by atoms with van der Waals surface area (Å²) in [7, 11) is 0. The molecule has 1 saturated carbocycles. The van der Waals surface area contributed by atoms with Gasteiger partial charge in [-0.1, -0.05) is 19.3 Å². The van der Waals surface area contributed by atoms with E-state index in [9.17, 15) is 5.11 Å². The lowest BCUT2D eigenvalue weighted by Gasteiger charge is -2.36. The van der Waals surface area contributed by atoms with E-state index >= 15 is 0 Å². The zero-order valence-electron chi connectivity index (χ0n) is 8.41. The molecule has 0 bridgehead atoms. The average molecular weight is 183 g/mol. The third kappa shape index (κ3) is 2.44. The van der Waals surface area contributed by atoms with Gasteiger partial charge in [-0.3, -0.25) is 0 Å². The molecule has 13 heavy (non-hydrogen) atoms. The summed E-state index contributed by atoms with van der Waals surface area (Å²) in [6.07, 6.45) is 7.86. The highest BCUT2D eigenvalue weighted by molar-refractivity contribution is 4.78. The Morgan fingerprint density at radius 3 is 2.31 bits per heavy atom. The van der Waals surface area contributed by atoms with E-state index in [2.05, 4.69) is 4.90 Å². The molecular formula is C11H21NO. The van der Waals surface area contributed by atoms with Gasteiger partial charge in [0.1, 0.15) is 0 Å². The maximum Gasteiger partial charge on any atom is 0.0695 e. The molecule has 1 heterocycles. The Bertz CT molecular complexity index is 150. The Labute approximate surface area is 80.9 Å². The minimum atomic E-state index is -0.0411. The Morgan fingerprint density at radius 1 is 1.08 bits per heavy atom. The molecule has 76 valence electrons. The van der Waals surface area contributed by atoms with Gasteiger partial charge in [0.05, 0.1) is 6.10 Å². The fraction of sp³-hybridized carbons (Fsp3) is 1.00. The molecule has 0 spiro atoms. The number of nitrogens with zero attached hydrogens (tertiary/aromatic N) is 1. The van der Waals surface area contributed by atoms with E-state index in [1.54, 1.807) is 0 Å². The Morgan fingerprint density at radius 2 is 1.77 bits per heavy atom. The van der Waals surface area contributed by atoms with Crippen LogP contribution >= 0.6 is 0 Å². The number of rotatable bonds is 3. The van der Waals surface area contributed by atoms with Crippen molar-refractivity contribution < 1.29 is 5.11 Å². The minimum Gasteiger partial charge on any atom is -0.392 e. The first-order valence-corrected chi connectivity index (χ1v) is 5.76. The standard InChI is InChI=1S/C11H21NO/c13-11(9-12-7-4-8-12)10-5-2-1-3-6-10/h10-11,13H,1-9H2. The van der Waals surface area contributed by atoms with Crippen LogP contribution in [0.15, 0.2) is 0 Å². The van der Waals surface area contributed by atoms with Crippen molar-refractivity contribution >= 4 is 0 Å². The molecular weight excluding hydrogens is 162 g/mol. The molecule has 2 fully saturated rings. The van der Waals surface area contributed by atoms with Gasteiger partial charge >= 0.3 is 0 Å². The molecule has 0 amide bonds. The summed E-state index contributed by atoms with van der Waals surface area (Å²) in [6, 6.07) is 0. The topological polar surface area (TPSA) is 23.5 Å². The van der Waals surface area contributed by atoms with Crippen LogP contribution in [0.3, 0.4) is 0 Å². The van der Waals surface area contributed by atoms with Crippen molar-refractivity contribution in [1.82, 2.24) is 4.90 Å². The van der Waals surface area contributed by atoms with E-state index in [-0.39, 0.29) is 6.10 Å². The Hall–Kier alpha value is -0.0800. The molecule has 1 atom stereocenters. The summed E-state index contributed by atoms with van der Waals surface area (Å²) in [6.45, 7) is 3.36. The average Bonchev–Trinajstić information content (AvgIpc) is 2.12. The lowest BCUT2D eigenvalue weighted by molar-refractivity contribution is 0.0284. The van der Waals surface area contributed by atoms with Crippen LogP contribution in [0.5, 0.6) is 0 Å². The highest BCUT2D eigenvalue weighted by atomic mass is 16.3. The van der Waals surface area contributed by atoms with Gasteiger partial charge in [0.2, 0.25) is 0 Å². The summed E-state index contributed by atoms with van der Waals surface area (Å²) in [5, 5.41) is 9.97. The Kier molecular flexibility index (Phi) is 3.23. The number of hydrogen-bond donors (Lipinski definition) is 1. The van der Waals surface area contributed by atoms with Gasteiger partial charge in [-0.25, -0.2) is 0 Å². The summed E-state index contributed by atoms with van der Waals surface area (Å²) >= 11 is 0. The van der Waals surface area contributed by atoms with Crippen molar-refractivity contribution in [2.24, 2.45) is 5.92 Å². The molecule has 1 aliphatic heterocycles. The van der Waals surface area contributed by atoms with Crippen molar-refractivity contribution in [3.05, 3.63) is 0 Å². The van der Waals surface area contributed by atoms with Gasteiger partial charge in [0.25, 0.3) is 0 Å². The molecule has 1 saturated heterocycles. The van der Waals surface area contributed by atoms with Crippen molar-refractivity contribution in [2.45, 2.75) is 44.6 Å². The SMILES string of the molecule is OC(CN1CCC1)C1CCCCC1. The van der Waals surface area contributed by atoms with E-state index in [1.165, 1.54) is 51.6 Å². The number of likely N-dealkylation sites (tertiary alicyclic amines) is 1. The van der Waals surface area contributed by atoms with Gasteiger partial charge in [-0.15, -0.1) is 0 Å². The first-order chi connectivity index (χ1) is 6.36. The van der Waals surface area contributed by atoms with Crippen LogP contribution in [0.2, 0.25) is 0 Å². The summed E-state index contributed by atoms with van der Waals surface area (Å²) < 4.78 is 0. The normalized spacial score (nSPS) is 28.4. The number of aliphatic hydroxyl groups excluding tert-OH is 1. The number of aliphatic hydroxyl groups is 1. The van der Waals surface area contributed by atoms with Crippen LogP contribution in [-0.4, -0.2) is 35.7 Å². The molecule has 1 aliphatic carbocycles. The molecule has 1 unspecified atom stereocenters. The summed E-state index contributed by atoms with van der Waals surface area (Å²) in [5.41, 5.74) is 0. The van der Waals surface area contributed by atoms with Crippen molar-refractivity contribution in [3.63, 3.8) is 0 Å². The molecule has 2 aliphatic rings. The van der Waals surface area contributed by atoms with E-state index in [1.807, 2.05) is 0 Å². The van der Waals surface area contributed by atoms with Crippen LogP contribution in [0, 0.1) is 5.92 Å². The molecule has 0 aromatic heterocycles. The van der Waals surface area contributed by atoms with E-state index in [0.29, 0.717) is 5.92 Å². The zero-order valence-corrected chi connectivity index (χ0v) is 8.41. The van der Waals surface area contributed by atoms with Crippen LogP contribution < -0.4 is 0 Å². The summed E-state index contributed by atoms with van der Waals surface area (Å²) in [5.74, 6) is 0.606. The third-order valence-electron chi connectivity index (χ3n) is 3.59. The molecule has 0 radical (unpaired) electrons. The van der Waals surface area contributed by atoms with E-state index in [4.69, 9.17) is 0 Å². The van der Waals surface area contributed by atoms with E-state index in [0.717, 1.165) is 6.54 Å². The molecule has 2 heteroatoms. The van der Waals surface area contributed by atoms with Crippen molar-refractivity contribution in [1.29, 1.82) is 0 Å². The molecule has 0 aromatic carbocycles. The highest BCUT2D eigenvalue weighted by Gasteiger charge is 2.25. The predicted molar refractivity (Wildman–Crippen MR) is 53.6 cm³/mol. The second kappa shape index (κ2) is 4.43. The van der Waals surface area contributed by atoms with Crippen molar-refractivity contribution in [2.75, 3.05) is 19.6 Å². The van der Waals surface area contributed by atoms with Crippen LogP contribution in [-0.2, 0) is 0 Å². The molecule has 2 rings (SSSR count). The zero-order chi connectivity index (χ0) is 9.10. The molecule has 1 N–H and O–H groups in total. The number of hydrogen-bond acceptors (Lipinski definition) is 2. The first kappa shape index (κ1) is 9.47. The minimum absolute atomic E-state index is 0.0411. The monoisotopic (exact) mass is 183 g/mol. The van der Waals surface area contributed by atoms with Crippen LogP contribution in [0.1, 0.15) is 38.5 Å². The third-order valence-corrected chi connectivity index (χ3v) is 3.59. The van der Waals surface area contributed by atoms with Gasteiger partial charge in [-0.05, 0) is 38.3 Å². The Balaban J connectivity index is 1.70. The van der Waals surface area contributed by atoms with Gasteiger partial charge < -0.3 is 10.0 Å². The number of β-amino-alcohol motifs (C(OH)–C–C–N with tert-alkyl or cyclic N) is 1. The highest BCUT2D eigenvalue weighted by Crippen LogP contribution is 2.27. The van der Waals surface area contributed by atoms with Gasteiger partial charge in [0.15, 0.2) is 0 Å². The first-order valence-electron chi connectivity index (χ1n) is 5.76. The molecule has 0 aromatic rings. The summed E-state index contributed by atoms with van der Waals surface area (Å²) in [4.78, 5) is 2.37. The second-order valence-electron chi connectivity index (χ2n) is 4.62. The lowest BCUT2D eigenvalue weighted by Crippen LogP contribution is -2.44. The van der Waals surface area contributed by atoms with Gasteiger partial charge in [0, 0.05) is 6.54 Å². The van der Waals surface area contributed by atoms with Crippen LogP contribution in [0.4, 0.5) is 0 Å². The quantitative estimate of drug-likeness (QED) is 0.719. The fourth-order valence-corrected chi connectivity index (χ4v) is 2.50. The molecule has 2 nitrogen and oxygen atoms in total. The van der Waals surface area contributed by atoms with Crippen LogP contribution in [0.25, 0.3) is 0 Å².